The molecule has 258 valence electrons. The van der Waals surface area contributed by atoms with E-state index in [0.717, 1.165) is 22.7 Å². The lowest BCUT2D eigenvalue weighted by Crippen LogP contribution is -2.29. The third kappa shape index (κ3) is 4.68. The molecule has 0 unspecified atom stereocenters. The maximum atomic E-state index is 2.47. The van der Waals surface area contributed by atoms with Gasteiger partial charge in [-0.25, -0.2) is 0 Å². The lowest BCUT2D eigenvalue weighted by molar-refractivity contribution is 0.775. The molecule has 55 heavy (non-hydrogen) atoms. The topological polar surface area (TPSA) is 8.17 Å². The molecule has 0 saturated carbocycles. The standard InChI is InChI=1S/C53H36N2/c1-5-18-38(19-6-1)53(39-20-7-2-8-21-39)49-35-42(30-33-45(49)48-32-29-37-17-13-14-26-44(37)52(48)53)54(40-22-9-3-10-23-40)43-31-34-47-46-27-15-16-28-50(46)55(51(47)36-43)41-24-11-4-12-25-41/h1-36H. The summed E-state index contributed by atoms with van der Waals surface area (Å²) in [4.78, 5) is 2.43. The van der Waals surface area contributed by atoms with Gasteiger partial charge in [-0.15, -0.1) is 0 Å². The van der Waals surface area contributed by atoms with Crippen molar-refractivity contribution < 1.29 is 0 Å². The van der Waals surface area contributed by atoms with Gasteiger partial charge in [0.1, 0.15) is 0 Å². The molecular weight excluding hydrogens is 665 g/mol. The Bertz CT molecular complexity index is 2980. The lowest BCUT2D eigenvalue weighted by atomic mass is 9.66. The summed E-state index contributed by atoms with van der Waals surface area (Å²) >= 11 is 0. The highest BCUT2D eigenvalue weighted by molar-refractivity contribution is 6.10. The number of fused-ring (bicyclic) bond motifs is 8. The molecule has 10 aromatic rings. The van der Waals surface area contributed by atoms with Gasteiger partial charge in [-0.3, -0.25) is 0 Å². The van der Waals surface area contributed by atoms with Crippen LogP contribution in [0.3, 0.4) is 0 Å². The van der Waals surface area contributed by atoms with Crippen molar-refractivity contribution in [3.05, 3.63) is 241 Å². The highest BCUT2D eigenvalue weighted by Gasteiger charge is 2.47. The predicted molar refractivity (Wildman–Crippen MR) is 230 cm³/mol. The summed E-state index contributed by atoms with van der Waals surface area (Å²) in [5, 5.41) is 5.01. The van der Waals surface area contributed by atoms with Gasteiger partial charge in [0.2, 0.25) is 0 Å². The molecule has 0 amide bonds. The van der Waals surface area contributed by atoms with Crippen molar-refractivity contribution in [2.75, 3.05) is 4.90 Å². The highest BCUT2D eigenvalue weighted by Crippen LogP contribution is 2.59. The zero-order chi connectivity index (χ0) is 36.3. The van der Waals surface area contributed by atoms with Crippen molar-refractivity contribution in [2.24, 2.45) is 0 Å². The molecule has 2 nitrogen and oxygen atoms in total. The molecule has 0 radical (unpaired) electrons. The van der Waals surface area contributed by atoms with Gasteiger partial charge in [0.15, 0.2) is 0 Å². The molecule has 9 aromatic carbocycles. The fourth-order valence-electron chi connectivity index (χ4n) is 9.37. The van der Waals surface area contributed by atoms with E-state index in [1.54, 1.807) is 0 Å². The zero-order valence-corrected chi connectivity index (χ0v) is 30.2. The van der Waals surface area contributed by atoms with Crippen LogP contribution in [-0.2, 0) is 5.41 Å². The van der Waals surface area contributed by atoms with Crippen LogP contribution < -0.4 is 4.90 Å². The number of benzene rings is 9. The number of nitrogens with zero attached hydrogens (tertiary/aromatic N) is 2. The number of anilines is 3. The van der Waals surface area contributed by atoms with E-state index < -0.39 is 5.41 Å². The minimum Gasteiger partial charge on any atom is -0.310 e. The minimum atomic E-state index is -0.546. The Balaban J connectivity index is 1.21. The van der Waals surface area contributed by atoms with Gasteiger partial charge in [0.05, 0.1) is 16.4 Å². The predicted octanol–water partition coefficient (Wildman–Crippen LogP) is 13.8. The molecule has 0 N–H and O–H groups in total. The second kappa shape index (κ2) is 12.5. The molecule has 0 atom stereocenters. The number of aromatic nitrogens is 1. The molecule has 0 spiro atoms. The summed E-state index contributed by atoms with van der Waals surface area (Å²) in [7, 11) is 0. The Morgan fingerprint density at radius 3 is 1.64 bits per heavy atom. The van der Waals surface area contributed by atoms with Crippen LogP contribution >= 0.6 is 0 Å². The van der Waals surface area contributed by atoms with Crippen LogP contribution in [0.4, 0.5) is 17.1 Å². The van der Waals surface area contributed by atoms with E-state index in [1.807, 2.05) is 0 Å². The fourth-order valence-corrected chi connectivity index (χ4v) is 9.37. The van der Waals surface area contributed by atoms with Crippen LogP contribution in [0.25, 0.3) is 49.4 Å². The molecule has 0 fully saturated rings. The van der Waals surface area contributed by atoms with E-state index in [4.69, 9.17) is 0 Å². The van der Waals surface area contributed by atoms with Crippen LogP contribution in [0.2, 0.25) is 0 Å². The van der Waals surface area contributed by atoms with Crippen molar-refractivity contribution in [3.8, 4) is 16.8 Å². The van der Waals surface area contributed by atoms with Crippen molar-refractivity contribution in [1.82, 2.24) is 4.57 Å². The Morgan fingerprint density at radius 1 is 0.364 bits per heavy atom. The number of hydrogen-bond acceptors (Lipinski definition) is 1. The van der Waals surface area contributed by atoms with Crippen molar-refractivity contribution in [3.63, 3.8) is 0 Å². The average molecular weight is 701 g/mol. The van der Waals surface area contributed by atoms with Gasteiger partial charge in [-0.05, 0) is 98.8 Å². The van der Waals surface area contributed by atoms with Gasteiger partial charge >= 0.3 is 0 Å². The maximum absolute atomic E-state index is 2.47. The lowest BCUT2D eigenvalue weighted by Gasteiger charge is -2.35. The Hall–Kier alpha value is -7.16. The number of hydrogen-bond donors (Lipinski definition) is 0. The van der Waals surface area contributed by atoms with Crippen LogP contribution in [0.1, 0.15) is 22.3 Å². The molecule has 0 aliphatic heterocycles. The van der Waals surface area contributed by atoms with E-state index in [9.17, 15) is 0 Å². The summed E-state index contributed by atoms with van der Waals surface area (Å²) in [6, 6.07) is 80.1. The second-order valence-electron chi connectivity index (χ2n) is 14.5. The van der Waals surface area contributed by atoms with Gasteiger partial charge < -0.3 is 9.47 Å². The zero-order valence-electron chi connectivity index (χ0n) is 30.2. The van der Waals surface area contributed by atoms with Crippen LogP contribution in [0.5, 0.6) is 0 Å². The molecule has 1 aromatic heterocycles. The first kappa shape index (κ1) is 31.4. The van der Waals surface area contributed by atoms with Crippen LogP contribution in [0.15, 0.2) is 218 Å². The summed E-state index contributed by atoms with van der Waals surface area (Å²) < 4.78 is 2.40. The highest BCUT2D eigenvalue weighted by atomic mass is 15.1. The number of para-hydroxylation sites is 3. The molecule has 1 aliphatic carbocycles. The first-order valence-corrected chi connectivity index (χ1v) is 19.0. The van der Waals surface area contributed by atoms with Crippen LogP contribution in [-0.4, -0.2) is 4.57 Å². The SMILES string of the molecule is c1ccc(N(c2ccc3c(c2)C(c2ccccc2)(c2ccccc2)c2c-3ccc3ccccc23)c2ccc3c4ccccc4n(-c4ccccc4)c3c2)cc1. The molecule has 1 heterocycles. The van der Waals surface area contributed by atoms with E-state index in [-0.39, 0.29) is 0 Å². The number of rotatable bonds is 6. The Morgan fingerprint density at radius 2 is 0.909 bits per heavy atom. The Labute approximate surface area is 320 Å². The smallest absolute Gasteiger partial charge is 0.0720 e. The molecule has 0 bridgehead atoms. The average Bonchev–Trinajstić information content (AvgIpc) is 3.75. The fraction of sp³-hybridized carbons (Fsp3) is 0.0189. The van der Waals surface area contributed by atoms with E-state index >= 15 is 0 Å². The summed E-state index contributed by atoms with van der Waals surface area (Å²) in [6.07, 6.45) is 0. The van der Waals surface area contributed by atoms with E-state index in [0.29, 0.717) is 0 Å². The normalized spacial score (nSPS) is 12.9. The molecule has 2 heteroatoms. The van der Waals surface area contributed by atoms with Crippen molar-refractivity contribution >= 4 is 49.6 Å². The first-order valence-electron chi connectivity index (χ1n) is 19.0. The third-order valence-electron chi connectivity index (χ3n) is 11.6. The molecular formula is C53H36N2. The quantitative estimate of drug-likeness (QED) is 0.168. The van der Waals surface area contributed by atoms with Gasteiger partial charge in [-0.2, -0.15) is 0 Å². The summed E-state index contributed by atoms with van der Waals surface area (Å²) in [5.41, 5.74) is 14.0. The minimum absolute atomic E-state index is 0.546. The molecule has 1 aliphatic rings. The largest absolute Gasteiger partial charge is 0.310 e. The van der Waals surface area contributed by atoms with Gasteiger partial charge in [0, 0.05) is 33.5 Å². The molecule has 0 saturated heterocycles. The van der Waals surface area contributed by atoms with E-state index in [2.05, 4.69) is 228 Å². The van der Waals surface area contributed by atoms with E-state index in [1.165, 1.54) is 66.0 Å². The third-order valence-corrected chi connectivity index (χ3v) is 11.6. The van der Waals surface area contributed by atoms with Gasteiger partial charge in [0.25, 0.3) is 0 Å². The molecule has 11 rings (SSSR count). The summed E-state index contributed by atoms with van der Waals surface area (Å²) in [5.74, 6) is 0. The van der Waals surface area contributed by atoms with Crippen molar-refractivity contribution in [2.45, 2.75) is 5.41 Å². The maximum Gasteiger partial charge on any atom is 0.0720 e. The first-order chi connectivity index (χ1) is 27.3. The monoisotopic (exact) mass is 700 g/mol. The van der Waals surface area contributed by atoms with Gasteiger partial charge in [-0.1, -0.05) is 164 Å². The Kier molecular flexibility index (Phi) is 7.11. The van der Waals surface area contributed by atoms with Crippen molar-refractivity contribution in [1.29, 1.82) is 0 Å². The summed E-state index contributed by atoms with van der Waals surface area (Å²) in [6.45, 7) is 0. The van der Waals surface area contributed by atoms with Crippen LogP contribution in [0, 0.1) is 0 Å². The second-order valence-corrected chi connectivity index (χ2v) is 14.5.